The van der Waals surface area contributed by atoms with Crippen LogP contribution in [0.3, 0.4) is 0 Å². The minimum Gasteiger partial charge on any atom is -0.462 e. The molecular weight excluding hydrogens is 386 g/mol. The van der Waals surface area contributed by atoms with Gasteiger partial charge in [-0.05, 0) is 38.2 Å². The Morgan fingerprint density at radius 2 is 1.90 bits per heavy atom. The molecule has 8 heteroatoms. The van der Waals surface area contributed by atoms with Crippen molar-refractivity contribution in [2.24, 2.45) is 0 Å². The quantitative estimate of drug-likeness (QED) is 0.666. The van der Waals surface area contributed by atoms with Crippen molar-refractivity contribution in [3.8, 4) is 0 Å². The van der Waals surface area contributed by atoms with Crippen molar-refractivity contribution in [1.82, 2.24) is 14.7 Å². The smallest absolute Gasteiger partial charge is 0.410 e. The molecule has 30 heavy (non-hydrogen) atoms. The predicted molar refractivity (Wildman–Crippen MR) is 110 cm³/mol. The standard InChI is InChI=1S/C22H29N3O5/c1-2-29-21(27)19-15-23-25(20(19)9-6-14-26)18-10-12-24(13-11-18)22(28)30-16-17-7-4-3-5-8-17/h3-5,7-8,15,18,26H,2,6,9-14,16H2,1H3. The largest absolute Gasteiger partial charge is 0.462 e. The van der Waals surface area contributed by atoms with Gasteiger partial charge in [0, 0.05) is 19.7 Å². The summed E-state index contributed by atoms with van der Waals surface area (Å²) in [6, 6.07) is 9.68. The number of amides is 1. The van der Waals surface area contributed by atoms with Gasteiger partial charge < -0.3 is 19.5 Å². The van der Waals surface area contributed by atoms with Crippen molar-refractivity contribution in [1.29, 1.82) is 0 Å². The molecule has 0 saturated carbocycles. The molecule has 0 aliphatic carbocycles. The van der Waals surface area contributed by atoms with Gasteiger partial charge in [0.25, 0.3) is 0 Å². The molecule has 1 aliphatic heterocycles. The highest BCUT2D eigenvalue weighted by Crippen LogP contribution is 2.26. The summed E-state index contributed by atoms with van der Waals surface area (Å²) in [5, 5.41) is 13.7. The number of hydrogen-bond acceptors (Lipinski definition) is 6. The number of benzene rings is 1. The highest BCUT2D eigenvalue weighted by Gasteiger charge is 2.28. The Morgan fingerprint density at radius 1 is 1.17 bits per heavy atom. The van der Waals surface area contributed by atoms with Gasteiger partial charge >= 0.3 is 12.1 Å². The number of ether oxygens (including phenoxy) is 2. The van der Waals surface area contributed by atoms with Crippen LogP contribution >= 0.6 is 0 Å². The molecule has 2 heterocycles. The lowest BCUT2D eigenvalue weighted by Gasteiger charge is -2.32. The molecule has 1 aliphatic rings. The average Bonchev–Trinajstić information content (AvgIpc) is 3.21. The highest BCUT2D eigenvalue weighted by molar-refractivity contribution is 5.90. The van der Waals surface area contributed by atoms with Gasteiger partial charge in [-0.3, -0.25) is 4.68 Å². The summed E-state index contributed by atoms with van der Waals surface area (Å²) in [5.41, 5.74) is 2.19. The van der Waals surface area contributed by atoms with E-state index < -0.39 is 5.97 Å². The minimum atomic E-state index is -0.390. The Hall–Kier alpha value is -2.87. The maximum absolute atomic E-state index is 12.4. The van der Waals surface area contributed by atoms with E-state index in [-0.39, 0.29) is 25.3 Å². The van der Waals surface area contributed by atoms with Crippen molar-refractivity contribution in [2.75, 3.05) is 26.3 Å². The number of piperidine rings is 1. The maximum Gasteiger partial charge on any atom is 0.410 e. The summed E-state index contributed by atoms with van der Waals surface area (Å²) in [6.45, 7) is 3.49. The van der Waals surface area contributed by atoms with Gasteiger partial charge in [-0.1, -0.05) is 30.3 Å². The number of carbonyl (C=O) groups is 2. The van der Waals surface area contributed by atoms with E-state index in [9.17, 15) is 14.7 Å². The van der Waals surface area contributed by atoms with Crippen LogP contribution in [0.25, 0.3) is 0 Å². The zero-order valence-electron chi connectivity index (χ0n) is 17.3. The van der Waals surface area contributed by atoms with E-state index in [4.69, 9.17) is 9.47 Å². The Labute approximate surface area is 176 Å². The maximum atomic E-state index is 12.4. The summed E-state index contributed by atoms with van der Waals surface area (Å²) in [6.07, 6.45) is 3.76. The van der Waals surface area contributed by atoms with Gasteiger partial charge in [0.05, 0.1) is 24.5 Å². The van der Waals surface area contributed by atoms with Crippen LogP contribution in [0, 0.1) is 0 Å². The lowest BCUT2D eigenvalue weighted by molar-refractivity contribution is 0.0524. The molecule has 1 aromatic carbocycles. The fourth-order valence-corrected chi connectivity index (χ4v) is 3.68. The number of aliphatic hydroxyl groups is 1. The Kier molecular flexibility index (Phi) is 7.84. The third-order valence-corrected chi connectivity index (χ3v) is 5.24. The summed E-state index contributed by atoms with van der Waals surface area (Å²) in [7, 11) is 0. The molecule has 8 nitrogen and oxygen atoms in total. The van der Waals surface area contributed by atoms with Gasteiger partial charge in [0.15, 0.2) is 0 Å². The first-order valence-electron chi connectivity index (χ1n) is 10.4. The summed E-state index contributed by atoms with van der Waals surface area (Å²) >= 11 is 0. The second-order valence-electron chi connectivity index (χ2n) is 7.26. The summed E-state index contributed by atoms with van der Waals surface area (Å²) in [4.78, 5) is 26.3. The number of hydrogen-bond donors (Lipinski definition) is 1. The van der Waals surface area contributed by atoms with Crippen LogP contribution < -0.4 is 0 Å². The van der Waals surface area contributed by atoms with Crippen molar-refractivity contribution in [3.05, 3.63) is 53.3 Å². The Bertz CT molecular complexity index is 829. The van der Waals surface area contributed by atoms with Crippen LogP contribution in [-0.4, -0.2) is 58.2 Å². The molecule has 1 fully saturated rings. The third-order valence-electron chi connectivity index (χ3n) is 5.24. The van der Waals surface area contributed by atoms with Crippen LogP contribution in [-0.2, 0) is 22.5 Å². The van der Waals surface area contributed by atoms with Gasteiger partial charge in [-0.15, -0.1) is 0 Å². The molecule has 1 saturated heterocycles. The Morgan fingerprint density at radius 3 is 2.57 bits per heavy atom. The van der Waals surface area contributed by atoms with Crippen LogP contribution in [0.15, 0.2) is 36.5 Å². The molecule has 0 radical (unpaired) electrons. The monoisotopic (exact) mass is 415 g/mol. The molecule has 0 atom stereocenters. The number of esters is 1. The fraction of sp³-hybridized carbons (Fsp3) is 0.500. The number of carbonyl (C=O) groups excluding carboxylic acids is 2. The molecule has 2 aromatic rings. The van der Waals surface area contributed by atoms with Gasteiger partial charge in [0.1, 0.15) is 12.2 Å². The van der Waals surface area contributed by atoms with E-state index in [1.807, 2.05) is 35.0 Å². The second kappa shape index (κ2) is 10.8. The number of aliphatic hydroxyl groups excluding tert-OH is 1. The van der Waals surface area contributed by atoms with Crippen LogP contribution in [0.1, 0.15) is 53.8 Å². The SMILES string of the molecule is CCOC(=O)c1cnn(C2CCN(C(=O)OCc3ccccc3)CC2)c1CCCO. The topological polar surface area (TPSA) is 93.9 Å². The number of likely N-dealkylation sites (tertiary alicyclic amines) is 1. The van der Waals surface area contributed by atoms with Crippen molar-refractivity contribution in [3.63, 3.8) is 0 Å². The van der Waals surface area contributed by atoms with E-state index in [1.165, 1.54) is 0 Å². The first kappa shape index (κ1) is 21.8. The molecule has 0 spiro atoms. The van der Waals surface area contributed by atoms with Crippen molar-refractivity contribution >= 4 is 12.1 Å². The highest BCUT2D eigenvalue weighted by atomic mass is 16.6. The van der Waals surface area contributed by atoms with E-state index in [2.05, 4.69) is 5.10 Å². The Balaban J connectivity index is 1.59. The normalized spacial score (nSPS) is 14.5. The summed E-state index contributed by atoms with van der Waals surface area (Å²) in [5.74, 6) is -0.390. The van der Waals surface area contributed by atoms with E-state index in [1.54, 1.807) is 18.0 Å². The first-order chi connectivity index (χ1) is 14.6. The third kappa shape index (κ3) is 5.38. The number of aromatic nitrogens is 2. The van der Waals surface area contributed by atoms with E-state index >= 15 is 0 Å². The van der Waals surface area contributed by atoms with E-state index in [0.29, 0.717) is 38.1 Å². The number of nitrogens with zero attached hydrogens (tertiary/aromatic N) is 3. The van der Waals surface area contributed by atoms with Crippen LogP contribution in [0.5, 0.6) is 0 Å². The molecule has 162 valence electrons. The first-order valence-corrected chi connectivity index (χ1v) is 10.4. The van der Waals surface area contributed by atoms with Gasteiger partial charge in [-0.2, -0.15) is 5.10 Å². The van der Waals surface area contributed by atoms with Crippen LogP contribution in [0.2, 0.25) is 0 Å². The molecule has 1 N–H and O–H groups in total. The molecule has 1 amide bonds. The average molecular weight is 415 g/mol. The van der Waals surface area contributed by atoms with Crippen molar-refractivity contribution < 1.29 is 24.2 Å². The zero-order valence-corrected chi connectivity index (χ0v) is 17.3. The van der Waals surface area contributed by atoms with Crippen molar-refractivity contribution in [2.45, 2.75) is 45.3 Å². The molecule has 0 bridgehead atoms. The number of rotatable bonds is 8. The fourth-order valence-electron chi connectivity index (χ4n) is 3.68. The zero-order chi connectivity index (χ0) is 21.3. The molecule has 0 unspecified atom stereocenters. The summed E-state index contributed by atoms with van der Waals surface area (Å²) < 4.78 is 12.4. The van der Waals surface area contributed by atoms with Gasteiger partial charge in [-0.25, -0.2) is 9.59 Å². The van der Waals surface area contributed by atoms with Crippen LogP contribution in [0.4, 0.5) is 4.79 Å². The second-order valence-corrected chi connectivity index (χ2v) is 7.26. The lowest BCUT2D eigenvalue weighted by Crippen LogP contribution is -2.39. The van der Waals surface area contributed by atoms with E-state index in [0.717, 1.165) is 24.1 Å². The predicted octanol–water partition coefficient (Wildman–Crippen LogP) is 2.96. The molecular formula is C22H29N3O5. The molecule has 1 aromatic heterocycles. The molecule has 3 rings (SSSR count). The lowest BCUT2D eigenvalue weighted by atomic mass is 10.0. The minimum absolute atomic E-state index is 0.0408. The van der Waals surface area contributed by atoms with Gasteiger partial charge in [0.2, 0.25) is 0 Å².